The first-order chi connectivity index (χ1) is 19.4. The molecule has 0 aliphatic carbocycles. The lowest BCUT2D eigenvalue weighted by atomic mass is 10.1. The highest BCUT2D eigenvalue weighted by molar-refractivity contribution is 5.82. The number of aliphatic carboxylic acids is 1. The van der Waals surface area contributed by atoms with Crippen LogP contribution in [0, 0.1) is 0 Å². The van der Waals surface area contributed by atoms with Gasteiger partial charge < -0.3 is 14.7 Å². The summed E-state index contributed by atoms with van der Waals surface area (Å²) in [7, 11) is 0. The number of carboxylic acid groups (broad SMARTS) is 1. The first kappa shape index (κ1) is 30.3. The lowest BCUT2D eigenvalue weighted by Crippen LogP contribution is -2.35. The summed E-state index contributed by atoms with van der Waals surface area (Å²) in [6.07, 6.45) is 8.84. The van der Waals surface area contributed by atoms with Crippen LogP contribution in [0.1, 0.15) is 80.6 Å². The van der Waals surface area contributed by atoms with Crippen molar-refractivity contribution in [1.29, 1.82) is 0 Å². The molecule has 0 saturated carbocycles. The number of allylic oxidation sites excluding steroid dienone is 2. The number of carbonyl (C=O) groups is 4. The normalized spacial score (nSPS) is 17.5. The lowest BCUT2D eigenvalue weighted by molar-refractivity contribution is -0.152. The molecule has 9 heteroatoms. The number of carbonyl (C=O) groups excluding carboxylic acids is 3. The molecule has 2 N–H and O–H groups in total. The highest BCUT2D eigenvalue weighted by Crippen LogP contribution is 2.22. The van der Waals surface area contributed by atoms with Gasteiger partial charge in [0.2, 0.25) is 11.8 Å². The predicted molar refractivity (Wildman–Crippen MR) is 151 cm³/mol. The molecule has 0 bridgehead atoms. The highest BCUT2D eigenvalue weighted by atomic mass is 16.5. The molecule has 2 amide bonds. The number of benzene rings is 2. The van der Waals surface area contributed by atoms with Crippen molar-refractivity contribution in [2.45, 2.75) is 70.4 Å². The largest absolute Gasteiger partial charge is 0.481 e. The first-order valence-corrected chi connectivity index (χ1v) is 13.7. The van der Waals surface area contributed by atoms with E-state index >= 15 is 0 Å². The number of hydrazone groups is 1. The zero-order valence-electron chi connectivity index (χ0n) is 22.7. The van der Waals surface area contributed by atoms with E-state index in [9.17, 15) is 19.2 Å². The molecule has 3 rings (SSSR count). The Morgan fingerprint density at radius 2 is 1.73 bits per heavy atom. The van der Waals surface area contributed by atoms with Gasteiger partial charge in [-0.2, -0.15) is 5.10 Å². The van der Waals surface area contributed by atoms with Gasteiger partial charge in [-0.15, -0.1) is 0 Å². The number of amides is 2. The molecule has 0 unspecified atom stereocenters. The van der Waals surface area contributed by atoms with Gasteiger partial charge in [-0.25, -0.2) is 5.43 Å². The van der Waals surface area contributed by atoms with Crippen LogP contribution in [0.4, 0.5) is 0 Å². The third kappa shape index (κ3) is 11.2. The van der Waals surface area contributed by atoms with Crippen molar-refractivity contribution in [3.63, 3.8) is 0 Å². The summed E-state index contributed by atoms with van der Waals surface area (Å²) < 4.78 is 5.82. The first-order valence-electron chi connectivity index (χ1n) is 13.7. The summed E-state index contributed by atoms with van der Waals surface area (Å²) in [5.41, 5.74) is 4.97. The van der Waals surface area contributed by atoms with Crippen LogP contribution >= 0.6 is 0 Å². The van der Waals surface area contributed by atoms with Gasteiger partial charge in [0.1, 0.15) is 6.10 Å². The number of unbranched alkanes of at least 4 members (excludes halogenated alkanes) is 2. The number of rotatable bonds is 11. The molecule has 0 spiro atoms. The number of ether oxygens (including phenoxy) is 1. The second-order valence-electron chi connectivity index (χ2n) is 9.70. The molecule has 9 nitrogen and oxygen atoms in total. The summed E-state index contributed by atoms with van der Waals surface area (Å²) in [6.45, 7) is 0.562. The third-order valence-electron chi connectivity index (χ3n) is 6.41. The Kier molecular flexibility index (Phi) is 12.6. The standard InChI is InChI=1S/C31H37N3O6/c35-28(16-7-4-9-18-30(37)38)33-32-21-24-12-11-13-25(20-24)22-34-23-27(26-14-5-3-6-15-26)40-31(39)19-10-2-1-8-17-29(34)36/h1-3,5-6,11-15,20-21,27H,4,7-10,16-19,22-23H2,(H,33,35)(H,37,38)/b2-1+,32-21+/t27-/m1/s1. The van der Waals surface area contributed by atoms with E-state index in [1.165, 1.54) is 0 Å². The number of nitrogens with zero attached hydrogens (tertiary/aromatic N) is 2. The Hall–Kier alpha value is -4.27. The maximum Gasteiger partial charge on any atom is 0.306 e. The Balaban J connectivity index is 1.65. The third-order valence-corrected chi connectivity index (χ3v) is 6.41. The number of hydrogen-bond acceptors (Lipinski definition) is 6. The van der Waals surface area contributed by atoms with E-state index in [1.807, 2.05) is 66.7 Å². The van der Waals surface area contributed by atoms with Crippen molar-refractivity contribution in [1.82, 2.24) is 10.3 Å². The van der Waals surface area contributed by atoms with Crippen LogP contribution in [0.25, 0.3) is 0 Å². The van der Waals surface area contributed by atoms with Crippen LogP contribution < -0.4 is 5.43 Å². The second kappa shape index (κ2) is 16.6. The average Bonchev–Trinajstić information content (AvgIpc) is 2.93. The number of nitrogens with one attached hydrogen (secondary N) is 1. The molecule has 0 radical (unpaired) electrons. The van der Waals surface area contributed by atoms with Crippen LogP contribution in [-0.4, -0.2) is 46.5 Å². The predicted octanol–water partition coefficient (Wildman–Crippen LogP) is 4.92. The molecular formula is C31H37N3O6. The molecule has 40 heavy (non-hydrogen) atoms. The summed E-state index contributed by atoms with van der Waals surface area (Å²) in [5.74, 6) is -1.40. The maximum atomic E-state index is 13.2. The van der Waals surface area contributed by atoms with Crippen molar-refractivity contribution in [3.8, 4) is 0 Å². The Bertz CT molecular complexity index is 1190. The smallest absolute Gasteiger partial charge is 0.306 e. The van der Waals surface area contributed by atoms with Gasteiger partial charge in [-0.1, -0.05) is 67.1 Å². The van der Waals surface area contributed by atoms with E-state index < -0.39 is 12.1 Å². The maximum absolute atomic E-state index is 13.2. The minimum atomic E-state index is -0.833. The van der Waals surface area contributed by atoms with Crippen molar-refractivity contribution >= 4 is 30.0 Å². The Morgan fingerprint density at radius 1 is 0.975 bits per heavy atom. The van der Waals surface area contributed by atoms with Gasteiger partial charge in [0, 0.05) is 32.2 Å². The molecule has 0 saturated heterocycles. The number of carboxylic acids is 1. The Labute approximate surface area is 234 Å². The van der Waals surface area contributed by atoms with Gasteiger partial charge in [-0.05, 0) is 48.4 Å². The van der Waals surface area contributed by atoms with Crippen molar-refractivity contribution in [3.05, 3.63) is 83.4 Å². The Morgan fingerprint density at radius 3 is 2.50 bits per heavy atom. The topological polar surface area (TPSA) is 125 Å². The molecule has 1 atom stereocenters. The van der Waals surface area contributed by atoms with E-state index in [4.69, 9.17) is 9.84 Å². The van der Waals surface area contributed by atoms with Gasteiger partial charge >= 0.3 is 11.9 Å². The molecule has 1 aliphatic rings. The quantitative estimate of drug-likeness (QED) is 0.135. The summed E-state index contributed by atoms with van der Waals surface area (Å²) >= 11 is 0. The fourth-order valence-electron chi connectivity index (χ4n) is 4.32. The number of hydrogen-bond donors (Lipinski definition) is 2. The second-order valence-corrected chi connectivity index (χ2v) is 9.70. The lowest BCUT2D eigenvalue weighted by Gasteiger charge is -2.28. The van der Waals surface area contributed by atoms with Gasteiger partial charge in [0.25, 0.3) is 0 Å². The van der Waals surface area contributed by atoms with Crippen molar-refractivity contribution in [2.75, 3.05) is 6.54 Å². The number of cyclic esters (lactones) is 1. The minimum Gasteiger partial charge on any atom is -0.481 e. The molecule has 1 heterocycles. The van der Waals surface area contributed by atoms with E-state index in [0.717, 1.165) is 16.7 Å². The van der Waals surface area contributed by atoms with Crippen LogP contribution in [0.2, 0.25) is 0 Å². The molecular weight excluding hydrogens is 510 g/mol. The van der Waals surface area contributed by atoms with Crippen LogP contribution in [0.3, 0.4) is 0 Å². The monoisotopic (exact) mass is 547 g/mol. The van der Waals surface area contributed by atoms with Crippen LogP contribution in [0.5, 0.6) is 0 Å². The molecule has 1 aliphatic heterocycles. The van der Waals surface area contributed by atoms with E-state index in [2.05, 4.69) is 10.5 Å². The molecule has 0 fully saturated rings. The van der Waals surface area contributed by atoms with Crippen molar-refractivity contribution in [2.24, 2.45) is 5.10 Å². The SMILES string of the molecule is O=C(O)CCCCCC(=O)N/N=C/c1cccc(CN2C[C@H](c3ccccc3)OC(=O)CC/C=C/CCC2=O)c1. The highest BCUT2D eigenvalue weighted by Gasteiger charge is 2.24. The molecule has 0 aromatic heterocycles. The fourth-order valence-corrected chi connectivity index (χ4v) is 4.32. The zero-order valence-corrected chi connectivity index (χ0v) is 22.7. The van der Waals surface area contributed by atoms with Crippen LogP contribution in [-0.2, 0) is 30.5 Å². The zero-order chi connectivity index (χ0) is 28.6. The molecule has 212 valence electrons. The van der Waals surface area contributed by atoms with Crippen LogP contribution in [0.15, 0.2) is 71.9 Å². The summed E-state index contributed by atoms with van der Waals surface area (Å²) in [4.78, 5) is 50.0. The molecule has 2 aromatic carbocycles. The summed E-state index contributed by atoms with van der Waals surface area (Å²) in [5, 5.41) is 12.7. The minimum absolute atomic E-state index is 0.0307. The van der Waals surface area contributed by atoms with E-state index in [0.29, 0.717) is 45.1 Å². The average molecular weight is 548 g/mol. The fraction of sp³-hybridized carbons (Fsp3) is 0.387. The van der Waals surface area contributed by atoms with Gasteiger partial charge in [0.05, 0.1) is 12.8 Å². The van der Waals surface area contributed by atoms with E-state index in [1.54, 1.807) is 11.1 Å². The number of esters is 1. The van der Waals surface area contributed by atoms with Gasteiger partial charge in [-0.3, -0.25) is 19.2 Å². The molecule has 2 aromatic rings. The summed E-state index contributed by atoms with van der Waals surface area (Å²) in [6, 6.07) is 17.0. The van der Waals surface area contributed by atoms with Crippen molar-refractivity contribution < 1.29 is 29.0 Å². The van der Waals surface area contributed by atoms with E-state index in [-0.39, 0.29) is 43.6 Å². The van der Waals surface area contributed by atoms with Gasteiger partial charge in [0.15, 0.2) is 0 Å².